The minimum atomic E-state index is 0.638. The summed E-state index contributed by atoms with van der Waals surface area (Å²) in [6, 6.07) is 6.86. The highest BCUT2D eigenvalue weighted by Gasteiger charge is 2.23. The molecule has 2 aromatic rings. The second kappa shape index (κ2) is 5.31. The van der Waals surface area contributed by atoms with Crippen molar-refractivity contribution in [3.63, 3.8) is 0 Å². The molecule has 20 heavy (non-hydrogen) atoms. The average Bonchev–Trinajstić information content (AvgIpc) is 2.47. The number of aromatic nitrogens is 1. The fourth-order valence-corrected chi connectivity index (χ4v) is 3.45. The van der Waals surface area contributed by atoms with Crippen LogP contribution in [-0.4, -0.2) is 18.1 Å². The molecule has 3 rings (SSSR count). The fraction of sp³-hybridized carbons (Fsp3) is 0.471. The first-order valence-electron chi connectivity index (χ1n) is 7.52. The maximum absolute atomic E-state index is 6.07. The summed E-state index contributed by atoms with van der Waals surface area (Å²) in [6.07, 6.45) is 9.00. The number of benzene rings is 1. The predicted octanol–water partition coefficient (Wildman–Crippen LogP) is 3.83. The molecular formula is C17H23N3. The molecule has 106 valence electrons. The largest absolute Gasteiger partial charge is 0.398 e. The van der Waals surface area contributed by atoms with Gasteiger partial charge in [-0.2, -0.15) is 0 Å². The van der Waals surface area contributed by atoms with Crippen molar-refractivity contribution in [3.05, 3.63) is 30.6 Å². The van der Waals surface area contributed by atoms with Gasteiger partial charge in [0.25, 0.3) is 0 Å². The Morgan fingerprint density at radius 1 is 1.20 bits per heavy atom. The molecule has 2 N–H and O–H groups in total. The van der Waals surface area contributed by atoms with Crippen molar-refractivity contribution in [3.8, 4) is 0 Å². The van der Waals surface area contributed by atoms with E-state index >= 15 is 0 Å². The number of hydrogen-bond acceptors (Lipinski definition) is 3. The van der Waals surface area contributed by atoms with Crippen LogP contribution in [0, 0.1) is 5.92 Å². The van der Waals surface area contributed by atoms with Gasteiger partial charge in [-0.3, -0.25) is 4.98 Å². The Hall–Kier alpha value is -1.77. The van der Waals surface area contributed by atoms with Gasteiger partial charge < -0.3 is 10.6 Å². The molecule has 1 heterocycles. The van der Waals surface area contributed by atoms with E-state index in [1.54, 1.807) is 0 Å². The Labute approximate surface area is 120 Å². The quantitative estimate of drug-likeness (QED) is 0.842. The second-order valence-corrected chi connectivity index (χ2v) is 6.13. The zero-order valence-corrected chi connectivity index (χ0v) is 12.3. The highest BCUT2D eigenvalue weighted by Crippen LogP contribution is 2.34. The molecule has 0 radical (unpaired) electrons. The maximum atomic E-state index is 6.07. The van der Waals surface area contributed by atoms with Gasteiger partial charge in [0.2, 0.25) is 0 Å². The molecule has 0 saturated heterocycles. The number of fused-ring (bicyclic) bond motifs is 1. The molecule has 1 saturated carbocycles. The number of nitrogen functional groups attached to an aromatic ring is 1. The van der Waals surface area contributed by atoms with Crippen molar-refractivity contribution >= 4 is 22.1 Å². The van der Waals surface area contributed by atoms with Crippen LogP contribution < -0.4 is 10.6 Å². The SMILES string of the molecule is CC1CCCC(N(C)c2ccc(N)c3cnccc23)C1. The maximum Gasteiger partial charge on any atom is 0.0448 e. The molecule has 1 aliphatic rings. The van der Waals surface area contributed by atoms with Crippen LogP contribution >= 0.6 is 0 Å². The standard InChI is InChI=1S/C17H23N3/c1-12-4-3-5-13(10-12)20(2)17-7-6-16(18)15-11-19-9-8-14(15)17/h6-9,11-13H,3-5,10,18H2,1-2H3. The van der Waals surface area contributed by atoms with Crippen LogP contribution in [0.15, 0.2) is 30.6 Å². The summed E-state index contributed by atoms with van der Waals surface area (Å²) in [5.74, 6) is 0.831. The molecule has 2 unspecified atom stereocenters. The highest BCUT2D eigenvalue weighted by molar-refractivity contribution is 6.00. The van der Waals surface area contributed by atoms with Gasteiger partial charge in [-0.15, -0.1) is 0 Å². The van der Waals surface area contributed by atoms with Crippen molar-refractivity contribution < 1.29 is 0 Å². The molecule has 0 amide bonds. The first-order valence-corrected chi connectivity index (χ1v) is 7.52. The number of nitrogens with two attached hydrogens (primary N) is 1. The van der Waals surface area contributed by atoms with Gasteiger partial charge in [-0.05, 0) is 37.0 Å². The van der Waals surface area contributed by atoms with E-state index in [1.807, 2.05) is 18.5 Å². The van der Waals surface area contributed by atoms with E-state index in [2.05, 4.69) is 36.0 Å². The molecule has 1 aromatic heterocycles. The third-order valence-corrected chi connectivity index (χ3v) is 4.67. The summed E-state index contributed by atoms with van der Waals surface area (Å²) in [7, 11) is 2.22. The Morgan fingerprint density at radius 2 is 2.05 bits per heavy atom. The number of nitrogens with zero attached hydrogens (tertiary/aromatic N) is 2. The zero-order valence-electron chi connectivity index (χ0n) is 12.3. The van der Waals surface area contributed by atoms with Crippen LogP contribution in [-0.2, 0) is 0 Å². The van der Waals surface area contributed by atoms with Crippen molar-refractivity contribution in [2.75, 3.05) is 17.7 Å². The van der Waals surface area contributed by atoms with Crippen LogP contribution in [0.3, 0.4) is 0 Å². The summed E-state index contributed by atoms with van der Waals surface area (Å²) in [5, 5.41) is 2.27. The first kappa shape index (κ1) is 13.2. The fourth-order valence-electron chi connectivity index (χ4n) is 3.45. The number of rotatable bonds is 2. The van der Waals surface area contributed by atoms with Gasteiger partial charge in [0, 0.05) is 47.6 Å². The lowest BCUT2D eigenvalue weighted by atomic mass is 9.86. The van der Waals surface area contributed by atoms with E-state index in [-0.39, 0.29) is 0 Å². The van der Waals surface area contributed by atoms with E-state index < -0.39 is 0 Å². The minimum Gasteiger partial charge on any atom is -0.398 e. The summed E-state index contributed by atoms with van der Waals surface area (Å²) < 4.78 is 0. The zero-order chi connectivity index (χ0) is 14.1. The van der Waals surface area contributed by atoms with Crippen LogP contribution in [0.2, 0.25) is 0 Å². The lowest BCUT2D eigenvalue weighted by Crippen LogP contribution is -2.35. The topological polar surface area (TPSA) is 42.1 Å². The van der Waals surface area contributed by atoms with Gasteiger partial charge in [0.1, 0.15) is 0 Å². The molecule has 3 nitrogen and oxygen atoms in total. The molecular weight excluding hydrogens is 246 g/mol. The lowest BCUT2D eigenvalue weighted by Gasteiger charge is -2.36. The molecule has 1 aromatic carbocycles. The molecule has 1 aliphatic carbocycles. The van der Waals surface area contributed by atoms with Gasteiger partial charge in [0.15, 0.2) is 0 Å². The third kappa shape index (κ3) is 2.33. The normalized spacial score (nSPS) is 22.9. The van der Waals surface area contributed by atoms with Gasteiger partial charge in [-0.1, -0.05) is 19.8 Å². The van der Waals surface area contributed by atoms with Crippen LogP contribution in [0.5, 0.6) is 0 Å². The predicted molar refractivity (Wildman–Crippen MR) is 86.0 cm³/mol. The van der Waals surface area contributed by atoms with E-state index in [1.165, 1.54) is 36.8 Å². The average molecular weight is 269 g/mol. The van der Waals surface area contributed by atoms with Crippen LogP contribution in [0.1, 0.15) is 32.6 Å². The monoisotopic (exact) mass is 269 g/mol. The van der Waals surface area contributed by atoms with E-state index in [9.17, 15) is 0 Å². The van der Waals surface area contributed by atoms with Crippen molar-refractivity contribution in [1.82, 2.24) is 4.98 Å². The van der Waals surface area contributed by atoms with Crippen LogP contribution in [0.4, 0.5) is 11.4 Å². The molecule has 3 heteroatoms. The Kier molecular flexibility index (Phi) is 3.51. The number of hydrogen-bond donors (Lipinski definition) is 1. The summed E-state index contributed by atoms with van der Waals surface area (Å²) in [4.78, 5) is 6.64. The first-order chi connectivity index (χ1) is 9.66. The molecule has 0 spiro atoms. The Morgan fingerprint density at radius 3 is 2.85 bits per heavy atom. The van der Waals surface area contributed by atoms with E-state index in [0.29, 0.717) is 6.04 Å². The summed E-state index contributed by atoms with van der Waals surface area (Å²) in [5.41, 5.74) is 8.15. The van der Waals surface area contributed by atoms with E-state index in [0.717, 1.165) is 17.0 Å². The summed E-state index contributed by atoms with van der Waals surface area (Å²) in [6.45, 7) is 2.37. The van der Waals surface area contributed by atoms with Gasteiger partial charge in [0.05, 0.1) is 0 Å². The second-order valence-electron chi connectivity index (χ2n) is 6.13. The van der Waals surface area contributed by atoms with Crippen molar-refractivity contribution in [2.24, 2.45) is 5.92 Å². The van der Waals surface area contributed by atoms with E-state index in [4.69, 9.17) is 5.73 Å². The lowest BCUT2D eigenvalue weighted by molar-refractivity contribution is 0.337. The third-order valence-electron chi connectivity index (χ3n) is 4.67. The number of pyridine rings is 1. The molecule has 1 fully saturated rings. The van der Waals surface area contributed by atoms with Crippen molar-refractivity contribution in [1.29, 1.82) is 0 Å². The van der Waals surface area contributed by atoms with Gasteiger partial charge >= 0.3 is 0 Å². The van der Waals surface area contributed by atoms with Gasteiger partial charge in [-0.25, -0.2) is 0 Å². The minimum absolute atomic E-state index is 0.638. The highest BCUT2D eigenvalue weighted by atomic mass is 15.1. The number of anilines is 2. The smallest absolute Gasteiger partial charge is 0.0448 e. The summed E-state index contributed by atoms with van der Waals surface area (Å²) >= 11 is 0. The Balaban J connectivity index is 1.99. The Bertz CT molecular complexity index is 608. The van der Waals surface area contributed by atoms with Crippen molar-refractivity contribution in [2.45, 2.75) is 38.6 Å². The molecule has 0 bridgehead atoms. The molecule has 2 atom stereocenters. The van der Waals surface area contributed by atoms with Crippen LogP contribution in [0.25, 0.3) is 10.8 Å². The molecule has 0 aliphatic heterocycles.